The maximum Gasteiger partial charge on any atom is 0.234 e. The predicted octanol–water partition coefficient (Wildman–Crippen LogP) is 2.27. The number of halogens is 1. The highest BCUT2D eigenvalue weighted by atomic mass is 19.1. The van der Waals surface area contributed by atoms with E-state index in [2.05, 4.69) is 5.32 Å². The smallest absolute Gasteiger partial charge is 0.234 e. The standard InChI is InChI=1S/C18H20FN3O2/c19-13-4-2-1-3-12(13)10-24-17-8-5-11(9-14(17)20)15-6-7-16(22-15)18(21)23/h1-5,8-9,15-16,22H,6-7,10,20H2,(H2,21,23)/t15-,16+/m1/s1. The lowest BCUT2D eigenvalue weighted by atomic mass is 10.0. The van der Waals surface area contributed by atoms with E-state index in [0.29, 0.717) is 23.4 Å². The van der Waals surface area contributed by atoms with Crippen molar-refractivity contribution in [2.24, 2.45) is 5.73 Å². The number of hydrogen-bond donors (Lipinski definition) is 3. The lowest BCUT2D eigenvalue weighted by Gasteiger charge is -2.15. The van der Waals surface area contributed by atoms with Gasteiger partial charge in [0.05, 0.1) is 11.7 Å². The molecule has 1 aliphatic heterocycles. The number of amides is 1. The molecule has 0 saturated carbocycles. The fraction of sp³-hybridized carbons (Fsp3) is 0.278. The minimum atomic E-state index is -0.338. The van der Waals surface area contributed by atoms with Crippen molar-refractivity contribution in [2.45, 2.75) is 31.5 Å². The van der Waals surface area contributed by atoms with Gasteiger partial charge in [-0.1, -0.05) is 24.3 Å². The van der Waals surface area contributed by atoms with Crippen LogP contribution in [0.4, 0.5) is 10.1 Å². The lowest BCUT2D eigenvalue weighted by Crippen LogP contribution is -2.37. The highest BCUT2D eigenvalue weighted by Crippen LogP contribution is 2.31. The van der Waals surface area contributed by atoms with Crippen LogP contribution in [0.15, 0.2) is 42.5 Å². The average Bonchev–Trinajstić information content (AvgIpc) is 3.05. The molecule has 0 spiro atoms. The van der Waals surface area contributed by atoms with Gasteiger partial charge >= 0.3 is 0 Å². The first-order valence-electron chi connectivity index (χ1n) is 7.85. The molecule has 0 unspecified atom stereocenters. The van der Waals surface area contributed by atoms with Gasteiger partial charge in [0, 0.05) is 11.6 Å². The van der Waals surface area contributed by atoms with Gasteiger partial charge in [-0.05, 0) is 36.6 Å². The van der Waals surface area contributed by atoms with E-state index in [1.54, 1.807) is 24.3 Å². The largest absolute Gasteiger partial charge is 0.487 e. The Kier molecular flexibility index (Phi) is 4.66. The van der Waals surface area contributed by atoms with E-state index < -0.39 is 0 Å². The molecule has 0 radical (unpaired) electrons. The second kappa shape index (κ2) is 6.88. The van der Waals surface area contributed by atoms with E-state index in [1.165, 1.54) is 6.07 Å². The summed E-state index contributed by atoms with van der Waals surface area (Å²) in [5, 5.41) is 3.20. The first-order chi connectivity index (χ1) is 11.5. The summed E-state index contributed by atoms with van der Waals surface area (Å²) < 4.78 is 19.2. The minimum absolute atomic E-state index is 0.0467. The van der Waals surface area contributed by atoms with Gasteiger partial charge in [-0.2, -0.15) is 0 Å². The molecular weight excluding hydrogens is 309 g/mol. The molecule has 3 rings (SSSR count). The van der Waals surface area contributed by atoms with Crippen molar-refractivity contribution in [3.8, 4) is 5.75 Å². The Morgan fingerprint density at radius 2 is 2.04 bits per heavy atom. The number of benzene rings is 2. The molecule has 1 aliphatic rings. The molecule has 1 amide bonds. The number of ether oxygens (including phenoxy) is 1. The number of anilines is 1. The second-order valence-corrected chi connectivity index (χ2v) is 5.93. The maximum atomic E-state index is 13.6. The molecule has 0 aromatic heterocycles. The molecule has 1 fully saturated rings. The van der Waals surface area contributed by atoms with Gasteiger partial charge in [0.15, 0.2) is 0 Å². The zero-order valence-corrected chi connectivity index (χ0v) is 13.2. The fourth-order valence-electron chi connectivity index (χ4n) is 2.92. The van der Waals surface area contributed by atoms with E-state index in [4.69, 9.17) is 16.2 Å². The van der Waals surface area contributed by atoms with Crippen LogP contribution in [0.25, 0.3) is 0 Å². The van der Waals surface area contributed by atoms with Crippen LogP contribution in [0, 0.1) is 5.82 Å². The van der Waals surface area contributed by atoms with Crippen LogP contribution in [0.3, 0.4) is 0 Å². The molecule has 0 bridgehead atoms. The van der Waals surface area contributed by atoms with Crippen molar-refractivity contribution >= 4 is 11.6 Å². The summed E-state index contributed by atoms with van der Waals surface area (Å²) in [5.41, 5.74) is 13.3. The SMILES string of the molecule is NC(=O)[C@@H]1CC[C@H](c2ccc(OCc3ccccc3F)c(N)c2)N1. The highest BCUT2D eigenvalue weighted by Gasteiger charge is 2.28. The number of carbonyl (C=O) groups excluding carboxylic acids is 1. The van der Waals surface area contributed by atoms with E-state index >= 15 is 0 Å². The summed E-state index contributed by atoms with van der Waals surface area (Å²) in [6, 6.07) is 11.7. The van der Waals surface area contributed by atoms with Crippen molar-refractivity contribution in [1.29, 1.82) is 0 Å². The molecule has 2 aromatic rings. The van der Waals surface area contributed by atoms with Gasteiger partial charge in [0.1, 0.15) is 18.2 Å². The molecular formula is C18H20FN3O2. The van der Waals surface area contributed by atoms with Gasteiger partial charge in [0.2, 0.25) is 5.91 Å². The number of carbonyl (C=O) groups is 1. The molecule has 1 heterocycles. The van der Waals surface area contributed by atoms with Gasteiger partial charge in [-0.25, -0.2) is 4.39 Å². The molecule has 2 atom stereocenters. The van der Waals surface area contributed by atoms with Crippen molar-refractivity contribution < 1.29 is 13.9 Å². The number of nitrogen functional groups attached to an aromatic ring is 1. The predicted molar refractivity (Wildman–Crippen MR) is 89.7 cm³/mol. The molecule has 6 heteroatoms. The van der Waals surface area contributed by atoms with Gasteiger partial charge in [-0.15, -0.1) is 0 Å². The number of nitrogens with two attached hydrogens (primary N) is 2. The molecule has 5 N–H and O–H groups in total. The lowest BCUT2D eigenvalue weighted by molar-refractivity contribution is -0.119. The first-order valence-corrected chi connectivity index (χ1v) is 7.85. The molecule has 24 heavy (non-hydrogen) atoms. The third-order valence-electron chi connectivity index (χ3n) is 4.27. The molecule has 0 aliphatic carbocycles. The van der Waals surface area contributed by atoms with Crippen LogP contribution < -0.4 is 21.5 Å². The Bertz CT molecular complexity index is 751. The molecule has 5 nitrogen and oxygen atoms in total. The summed E-state index contributed by atoms with van der Waals surface area (Å²) in [4.78, 5) is 11.2. The third kappa shape index (κ3) is 3.49. The zero-order chi connectivity index (χ0) is 17.1. The molecule has 126 valence electrons. The van der Waals surface area contributed by atoms with Gasteiger partial charge < -0.3 is 16.2 Å². The highest BCUT2D eigenvalue weighted by molar-refractivity contribution is 5.80. The summed E-state index contributed by atoms with van der Waals surface area (Å²) in [7, 11) is 0. The van der Waals surface area contributed by atoms with Crippen LogP contribution in [0.1, 0.15) is 30.0 Å². The number of rotatable bonds is 5. The van der Waals surface area contributed by atoms with Gasteiger partial charge in [0.25, 0.3) is 0 Å². The van der Waals surface area contributed by atoms with Gasteiger partial charge in [-0.3, -0.25) is 10.1 Å². The summed E-state index contributed by atoms with van der Waals surface area (Å²) >= 11 is 0. The van der Waals surface area contributed by atoms with E-state index in [9.17, 15) is 9.18 Å². The molecule has 1 saturated heterocycles. The first kappa shape index (κ1) is 16.3. The fourth-order valence-corrected chi connectivity index (χ4v) is 2.92. The summed E-state index contributed by atoms with van der Waals surface area (Å²) in [6.45, 7) is 0.113. The number of primary amides is 1. The van der Waals surface area contributed by atoms with Crippen LogP contribution in [-0.4, -0.2) is 11.9 Å². The Hall–Kier alpha value is -2.60. The van der Waals surface area contributed by atoms with Crippen molar-refractivity contribution in [3.05, 3.63) is 59.4 Å². The number of nitrogens with one attached hydrogen (secondary N) is 1. The van der Waals surface area contributed by atoms with E-state index in [0.717, 1.165) is 12.0 Å². The Morgan fingerprint density at radius 1 is 1.25 bits per heavy atom. The second-order valence-electron chi connectivity index (χ2n) is 5.93. The van der Waals surface area contributed by atoms with Crippen molar-refractivity contribution in [2.75, 3.05) is 5.73 Å². The third-order valence-corrected chi connectivity index (χ3v) is 4.27. The summed E-state index contributed by atoms with van der Waals surface area (Å²) in [6.07, 6.45) is 1.54. The monoisotopic (exact) mass is 329 g/mol. The Labute approximate surface area is 139 Å². The minimum Gasteiger partial charge on any atom is -0.487 e. The topological polar surface area (TPSA) is 90.4 Å². The van der Waals surface area contributed by atoms with Crippen molar-refractivity contribution in [3.63, 3.8) is 0 Å². The quantitative estimate of drug-likeness (QED) is 0.734. The van der Waals surface area contributed by atoms with Crippen LogP contribution >= 0.6 is 0 Å². The average molecular weight is 329 g/mol. The van der Waals surface area contributed by atoms with E-state index in [-0.39, 0.29) is 30.4 Å². The Morgan fingerprint density at radius 3 is 2.71 bits per heavy atom. The normalized spacial score (nSPS) is 20.0. The van der Waals surface area contributed by atoms with E-state index in [1.807, 2.05) is 12.1 Å². The van der Waals surface area contributed by atoms with Crippen LogP contribution in [0.5, 0.6) is 5.75 Å². The van der Waals surface area contributed by atoms with Crippen molar-refractivity contribution in [1.82, 2.24) is 5.32 Å². The van der Waals surface area contributed by atoms with Crippen LogP contribution in [-0.2, 0) is 11.4 Å². The summed E-state index contributed by atoms with van der Waals surface area (Å²) in [5.74, 6) is -0.137. The maximum absolute atomic E-state index is 13.6. The van der Waals surface area contributed by atoms with Crippen LogP contribution in [0.2, 0.25) is 0 Å². The number of hydrogen-bond acceptors (Lipinski definition) is 4. The zero-order valence-electron chi connectivity index (χ0n) is 13.2. The molecule has 2 aromatic carbocycles. The Balaban J connectivity index is 1.67.